The number of anilines is 1. The fraction of sp³-hybridized carbons (Fsp3) is 0.217. The van der Waals surface area contributed by atoms with Crippen LogP contribution < -0.4 is 15.0 Å². The molecule has 4 rings (SSSR count). The molecule has 2 aliphatic heterocycles. The van der Waals surface area contributed by atoms with Crippen molar-refractivity contribution in [3.63, 3.8) is 0 Å². The molecule has 0 aliphatic carbocycles. The maximum atomic E-state index is 14.2. The first-order valence-electron chi connectivity index (χ1n) is 10.2. The molecule has 2 fully saturated rings. The molecular weight excluding hydrogens is 449 g/mol. The predicted molar refractivity (Wildman–Crippen MR) is 122 cm³/mol. The van der Waals surface area contributed by atoms with Crippen LogP contribution in [0, 0.1) is 5.82 Å². The third-order valence-corrected chi connectivity index (χ3v) is 5.40. The molecule has 8 nitrogen and oxygen atoms in total. The summed E-state index contributed by atoms with van der Waals surface area (Å²) in [5, 5.41) is 2.22. The van der Waals surface area contributed by atoms with Gasteiger partial charge in [0, 0.05) is 13.1 Å². The number of carbonyl (C=O) groups excluding carboxylic acids is 3. The lowest BCUT2D eigenvalue weighted by Gasteiger charge is -2.29. The lowest BCUT2D eigenvalue weighted by molar-refractivity contribution is -0.137. The summed E-state index contributed by atoms with van der Waals surface area (Å²) >= 11 is 5.08. The van der Waals surface area contributed by atoms with Crippen molar-refractivity contribution in [2.75, 3.05) is 37.8 Å². The van der Waals surface area contributed by atoms with Crippen molar-refractivity contribution in [3.8, 4) is 5.75 Å². The number of benzene rings is 2. The van der Waals surface area contributed by atoms with Crippen LogP contribution in [-0.4, -0.2) is 60.6 Å². The molecule has 2 aliphatic rings. The molecule has 0 unspecified atom stereocenters. The summed E-state index contributed by atoms with van der Waals surface area (Å²) in [6.45, 7) is 2.01. The minimum atomic E-state index is -0.731. The van der Waals surface area contributed by atoms with Gasteiger partial charge in [-0.3, -0.25) is 19.7 Å². The summed E-state index contributed by atoms with van der Waals surface area (Å²) in [4.78, 5) is 40.2. The molecule has 2 heterocycles. The van der Waals surface area contributed by atoms with Crippen molar-refractivity contribution in [1.82, 2.24) is 10.2 Å². The predicted octanol–water partition coefficient (Wildman–Crippen LogP) is 1.89. The lowest BCUT2D eigenvalue weighted by atomic mass is 10.1. The van der Waals surface area contributed by atoms with E-state index in [1.54, 1.807) is 35.2 Å². The highest BCUT2D eigenvalue weighted by atomic mass is 32.1. The number of halogens is 1. The standard InChI is InChI=1S/C23H20FN3O5S/c24-18-3-1-2-4-19(18)27-22(30)17(21(29)25-23(27)33)13-15-5-7-16(8-6-15)32-14-20(28)26-9-11-31-12-10-26/h1-8,13H,9-12,14H2,(H,25,29,33)/b17-13+. The van der Waals surface area contributed by atoms with Gasteiger partial charge in [0.25, 0.3) is 17.7 Å². The number of morpholine rings is 1. The molecule has 3 amide bonds. The number of ether oxygens (including phenoxy) is 2. The number of hydrogen-bond acceptors (Lipinski definition) is 6. The third kappa shape index (κ3) is 5.07. The van der Waals surface area contributed by atoms with Gasteiger partial charge in [-0.25, -0.2) is 9.29 Å². The zero-order valence-electron chi connectivity index (χ0n) is 17.5. The van der Waals surface area contributed by atoms with Gasteiger partial charge >= 0.3 is 0 Å². The Morgan fingerprint density at radius 1 is 1.12 bits per heavy atom. The van der Waals surface area contributed by atoms with Crippen LogP contribution in [0.2, 0.25) is 0 Å². The fourth-order valence-corrected chi connectivity index (χ4v) is 3.66. The second-order valence-corrected chi connectivity index (χ2v) is 7.65. The average Bonchev–Trinajstić information content (AvgIpc) is 2.82. The molecule has 0 aromatic heterocycles. The quantitative estimate of drug-likeness (QED) is 0.409. The summed E-state index contributed by atoms with van der Waals surface area (Å²) in [5.41, 5.74) is 0.303. The van der Waals surface area contributed by atoms with E-state index in [0.717, 1.165) is 4.90 Å². The summed E-state index contributed by atoms with van der Waals surface area (Å²) < 4.78 is 25.0. The molecule has 0 bridgehead atoms. The van der Waals surface area contributed by atoms with Gasteiger partial charge in [-0.05, 0) is 48.1 Å². The van der Waals surface area contributed by atoms with Crippen molar-refractivity contribution in [1.29, 1.82) is 0 Å². The lowest BCUT2D eigenvalue weighted by Crippen LogP contribution is -2.54. The van der Waals surface area contributed by atoms with E-state index in [1.165, 1.54) is 24.3 Å². The molecule has 0 saturated carbocycles. The van der Waals surface area contributed by atoms with Crippen LogP contribution >= 0.6 is 12.2 Å². The zero-order valence-corrected chi connectivity index (χ0v) is 18.3. The van der Waals surface area contributed by atoms with Crippen LogP contribution in [0.4, 0.5) is 10.1 Å². The minimum Gasteiger partial charge on any atom is -0.484 e. The smallest absolute Gasteiger partial charge is 0.270 e. The van der Waals surface area contributed by atoms with Crippen LogP contribution in [0.25, 0.3) is 6.08 Å². The number of rotatable bonds is 5. The second-order valence-electron chi connectivity index (χ2n) is 7.26. The van der Waals surface area contributed by atoms with E-state index >= 15 is 0 Å². The van der Waals surface area contributed by atoms with Gasteiger partial charge in [-0.1, -0.05) is 24.3 Å². The van der Waals surface area contributed by atoms with Crippen LogP contribution in [-0.2, 0) is 19.1 Å². The van der Waals surface area contributed by atoms with E-state index in [1.807, 2.05) is 0 Å². The van der Waals surface area contributed by atoms with Crippen molar-refractivity contribution in [2.24, 2.45) is 0 Å². The van der Waals surface area contributed by atoms with Crippen molar-refractivity contribution >= 4 is 46.8 Å². The van der Waals surface area contributed by atoms with Gasteiger partial charge in [0.15, 0.2) is 11.7 Å². The number of para-hydroxylation sites is 1. The van der Waals surface area contributed by atoms with Crippen molar-refractivity contribution < 1.29 is 28.2 Å². The van der Waals surface area contributed by atoms with E-state index in [4.69, 9.17) is 21.7 Å². The molecule has 10 heteroatoms. The molecule has 0 spiro atoms. The SMILES string of the molecule is O=C1NC(=S)N(c2ccccc2F)C(=O)/C1=C/c1ccc(OCC(=O)N2CCOCC2)cc1. The van der Waals surface area contributed by atoms with E-state index in [2.05, 4.69) is 5.32 Å². The normalized spacial score (nSPS) is 17.8. The molecule has 0 radical (unpaired) electrons. The van der Waals surface area contributed by atoms with Gasteiger partial charge in [0.05, 0.1) is 18.9 Å². The summed E-state index contributed by atoms with van der Waals surface area (Å²) in [7, 11) is 0. The summed E-state index contributed by atoms with van der Waals surface area (Å²) in [6.07, 6.45) is 1.38. The molecule has 2 saturated heterocycles. The second kappa shape index (κ2) is 9.88. The largest absolute Gasteiger partial charge is 0.484 e. The molecule has 0 atom stereocenters. The number of carbonyl (C=O) groups is 3. The number of nitrogens with zero attached hydrogens (tertiary/aromatic N) is 2. The summed E-state index contributed by atoms with van der Waals surface area (Å²) in [5.74, 6) is -1.71. The van der Waals surface area contributed by atoms with Crippen molar-refractivity contribution in [3.05, 3.63) is 65.5 Å². The Morgan fingerprint density at radius 2 is 1.82 bits per heavy atom. The molecule has 2 aromatic carbocycles. The monoisotopic (exact) mass is 469 g/mol. The third-order valence-electron chi connectivity index (χ3n) is 5.11. The Morgan fingerprint density at radius 3 is 2.52 bits per heavy atom. The fourth-order valence-electron chi connectivity index (χ4n) is 3.39. The Hall–Kier alpha value is -3.63. The van der Waals surface area contributed by atoms with Crippen molar-refractivity contribution in [2.45, 2.75) is 0 Å². The average molecular weight is 469 g/mol. The highest BCUT2D eigenvalue weighted by molar-refractivity contribution is 7.80. The van der Waals surface area contributed by atoms with Crippen LogP contribution in [0.15, 0.2) is 54.1 Å². The maximum absolute atomic E-state index is 14.2. The zero-order chi connectivity index (χ0) is 23.4. The van der Waals surface area contributed by atoms with E-state index in [0.29, 0.717) is 37.6 Å². The molecule has 170 valence electrons. The van der Waals surface area contributed by atoms with Crippen LogP contribution in [0.5, 0.6) is 5.75 Å². The Balaban J connectivity index is 1.46. The number of nitrogens with one attached hydrogen (secondary N) is 1. The van der Waals surface area contributed by atoms with E-state index in [9.17, 15) is 18.8 Å². The topological polar surface area (TPSA) is 88.2 Å². The van der Waals surface area contributed by atoms with Crippen LogP contribution in [0.1, 0.15) is 5.56 Å². The van der Waals surface area contributed by atoms with Gasteiger partial charge in [-0.2, -0.15) is 0 Å². The summed E-state index contributed by atoms with van der Waals surface area (Å²) in [6, 6.07) is 12.2. The molecular formula is C23H20FN3O5S. The van der Waals surface area contributed by atoms with Crippen LogP contribution in [0.3, 0.4) is 0 Å². The first kappa shape index (κ1) is 22.6. The van der Waals surface area contributed by atoms with Gasteiger partial charge in [0.1, 0.15) is 17.1 Å². The van der Waals surface area contributed by atoms with Gasteiger partial charge in [0.2, 0.25) is 0 Å². The first-order chi connectivity index (χ1) is 15.9. The molecule has 1 N–H and O–H groups in total. The number of amides is 3. The molecule has 33 heavy (non-hydrogen) atoms. The van der Waals surface area contributed by atoms with Gasteiger partial charge in [-0.15, -0.1) is 0 Å². The number of thiocarbonyl (C=S) groups is 1. The Labute approximate surface area is 194 Å². The Bertz CT molecular complexity index is 1130. The Kier molecular flexibility index (Phi) is 6.76. The van der Waals surface area contributed by atoms with E-state index in [-0.39, 0.29) is 28.9 Å². The highest BCUT2D eigenvalue weighted by Gasteiger charge is 2.35. The number of hydrogen-bond donors (Lipinski definition) is 1. The molecule has 2 aromatic rings. The first-order valence-corrected chi connectivity index (χ1v) is 10.6. The highest BCUT2D eigenvalue weighted by Crippen LogP contribution is 2.25. The van der Waals surface area contributed by atoms with E-state index < -0.39 is 17.6 Å². The minimum absolute atomic E-state index is 0.0490. The van der Waals surface area contributed by atoms with Gasteiger partial charge < -0.3 is 14.4 Å². The maximum Gasteiger partial charge on any atom is 0.270 e.